The van der Waals surface area contributed by atoms with Gasteiger partial charge in [-0.3, -0.25) is 19.1 Å². The summed E-state index contributed by atoms with van der Waals surface area (Å²) in [7, 11) is 4.25. The van der Waals surface area contributed by atoms with Gasteiger partial charge in [0.1, 0.15) is 12.1 Å². The van der Waals surface area contributed by atoms with Gasteiger partial charge < -0.3 is 0 Å². The topological polar surface area (TPSA) is 39.5 Å². The van der Waals surface area contributed by atoms with Gasteiger partial charge in [-0.1, -0.05) is 0 Å². The Hall–Kier alpha value is -2.69. The van der Waals surface area contributed by atoms with E-state index in [0.717, 1.165) is 12.2 Å². The summed E-state index contributed by atoms with van der Waals surface area (Å²) in [6, 6.07) is 6.23. The van der Waals surface area contributed by atoms with E-state index in [0.29, 0.717) is 0 Å². The van der Waals surface area contributed by atoms with E-state index in [9.17, 15) is 0 Å². The van der Waals surface area contributed by atoms with Gasteiger partial charge in [0.25, 0.3) is 5.65 Å². The maximum Gasteiger partial charge on any atom is 0.269 e. The molecule has 0 saturated carbocycles. The molecule has 102 valence electrons. The zero-order valence-corrected chi connectivity index (χ0v) is 11.9. The van der Waals surface area contributed by atoms with Crippen molar-refractivity contribution in [1.29, 1.82) is 0 Å². The summed E-state index contributed by atoms with van der Waals surface area (Å²) >= 11 is 0. The number of hydrogen-bond acceptors (Lipinski definition) is 2. The van der Waals surface area contributed by atoms with Crippen LogP contribution in [0.4, 0.5) is 0 Å². The Kier molecular flexibility index (Phi) is 1.83. The third-order valence-corrected chi connectivity index (χ3v) is 4.55. The molecule has 0 fully saturated rings. The van der Waals surface area contributed by atoms with Crippen LogP contribution >= 0.6 is 0 Å². The molecule has 5 heterocycles. The monoisotopic (exact) mass is 276 g/mol. The lowest BCUT2D eigenvalue weighted by Gasteiger charge is -1.97. The van der Waals surface area contributed by atoms with Gasteiger partial charge in [0.2, 0.25) is 5.82 Å². The Labute approximate surface area is 121 Å². The van der Waals surface area contributed by atoms with Crippen LogP contribution in [0.25, 0.3) is 33.5 Å². The van der Waals surface area contributed by atoms with Crippen LogP contribution in [-0.4, -0.2) is 19.1 Å². The minimum atomic E-state index is 0.834. The van der Waals surface area contributed by atoms with Crippen LogP contribution in [0.3, 0.4) is 0 Å². The molecule has 0 amide bonds. The molecule has 5 heteroatoms. The molecular formula is C16H14N5+. The normalized spacial score (nSPS) is 13.0. The highest BCUT2D eigenvalue weighted by atomic mass is 15.2. The molecule has 1 aliphatic heterocycles. The van der Waals surface area contributed by atoms with Gasteiger partial charge in [0.15, 0.2) is 5.52 Å². The van der Waals surface area contributed by atoms with Gasteiger partial charge >= 0.3 is 0 Å². The molecule has 0 saturated heterocycles. The van der Waals surface area contributed by atoms with Gasteiger partial charge in [0.05, 0.1) is 30.7 Å². The molecule has 5 rings (SSSR count). The lowest BCUT2D eigenvalue weighted by molar-refractivity contribution is -0.649. The number of nitrogens with zero attached hydrogens (tertiary/aromatic N) is 5. The van der Waals surface area contributed by atoms with Crippen molar-refractivity contribution < 1.29 is 4.57 Å². The summed E-state index contributed by atoms with van der Waals surface area (Å²) in [5, 5.41) is 1.20. The van der Waals surface area contributed by atoms with E-state index in [1.807, 2.05) is 24.7 Å². The molecule has 4 aromatic heterocycles. The van der Waals surface area contributed by atoms with Crippen LogP contribution in [0.5, 0.6) is 0 Å². The van der Waals surface area contributed by atoms with Gasteiger partial charge in [-0.2, -0.15) is 0 Å². The van der Waals surface area contributed by atoms with Crippen molar-refractivity contribution >= 4 is 22.1 Å². The summed E-state index contributed by atoms with van der Waals surface area (Å²) in [5.74, 6) is 1.23. The predicted molar refractivity (Wildman–Crippen MR) is 79.7 cm³/mol. The second kappa shape index (κ2) is 3.49. The molecule has 21 heavy (non-hydrogen) atoms. The molecule has 0 aromatic carbocycles. The highest BCUT2D eigenvalue weighted by Crippen LogP contribution is 2.33. The maximum absolute atomic E-state index is 4.52. The smallest absolute Gasteiger partial charge is 0.264 e. The SMILES string of the molecule is Cn1c2[n+](c3c1c1cnccc1n3C)Cc1ncccc1-2. The Morgan fingerprint density at radius 2 is 2.05 bits per heavy atom. The second-order valence-corrected chi connectivity index (χ2v) is 5.59. The van der Waals surface area contributed by atoms with Gasteiger partial charge in [-0.25, -0.2) is 4.57 Å². The van der Waals surface area contributed by atoms with Crippen LogP contribution in [0, 0.1) is 0 Å². The highest BCUT2D eigenvalue weighted by Gasteiger charge is 2.34. The van der Waals surface area contributed by atoms with Crippen molar-refractivity contribution in [3.8, 4) is 11.4 Å². The second-order valence-electron chi connectivity index (χ2n) is 5.59. The van der Waals surface area contributed by atoms with E-state index in [1.54, 1.807) is 0 Å². The van der Waals surface area contributed by atoms with E-state index in [1.165, 1.54) is 33.5 Å². The molecular weight excluding hydrogens is 262 g/mol. The van der Waals surface area contributed by atoms with Crippen LogP contribution < -0.4 is 4.57 Å². The first kappa shape index (κ1) is 11.0. The summed E-state index contributed by atoms with van der Waals surface area (Å²) in [6.07, 6.45) is 5.67. The molecule has 0 atom stereocenters. The molecule has 0 N–H and O–H groups in total. The minimum Gasteiger partial charge on any atom is -0.264 e. The van der Waals surface area contributed by atoms with Crippen molar-refractivity contribution in [2.75, 3.05) is 0 Å². The summed E-state index contributed by atoms with van der Waals surface area (Å²) in [5.41, 5.74) is 6.06. The van der Waals surface area contributed by atoms with Crippen molar-refractivity contribution in [3.05, 3.63) is 42.5 Å². The molecule has 0 spiro atoms. The Balaban J connectivity index is 2.02. The lowest BCUT2D eigenvalue weighted by atomic mass is 10.2. The number of hydrogen-bond donors (Lipinski definition) is 0. The molecule has 5 nitrogen and oxygen atoms in total. The number of fused-ring (bicyclic) bond motifs is 7. The number of aromatic nitrogens is 5. The van der Waals surface area contributed by atoms with Crippen molar-refractivity contribution in [2.24, 2.45) is 14.1 Å². The number of imidazole rings is 1. The average Bonchev–Trinajstić information content (AvgIpc) is 3.11. The third-order valence-electron chi connectivity index (χ3n) is 4.55. The first-order valence-corrected chi connectivity index (χ1v) is 7.02. The largest absolute Gasteiger partial charge is 0.269 e. The molecule has 4 aromatic rings. The van der Waals surface area contributed by atoms with Crippen molar-refractivity contribution in [3.63, 3.8) is 0 Å². The van der Waals surface area contributed by atoms with Crippen LogP contribution in [0.15, 0.2) is 36.8 Å². The predicted octanol–water partition coefficient (Wildman–Crippen LogP) is 1.78. The van der Waals surface area contributed by atoms with Crippen LogP contribution in [0.1, 0.15) is 5.69 Å². The lowest BCUT2D eigenvalue weighted by Crippen LogP contribution is -2.33. The fourth-order valence-corrected chi connectivity index (χ4v) is 3.68. The standard InChI is InChI=1S/C16H14N5/c1-19-13-5-7-17-8-11(13)14-16(19)21-9-12-10(4-3-6-18-12)15(21)20(14)2/h3-8H,9H2,1-2H3/q+1. The van der Waals surface area contributed by atoms with Gasteiger partial charge in [-0.15, -0.1) is 0 Å². The minimum absolute atomic E-state index is 0.834. The van der Waals surface area contributed by atoms with Crippen molar-refractivity contribution in [2.45, 2.75) is 6.54 Å². The average molecular weight is 276 g/mol. The van der Waals surface area contributed by atoms with Crippen LogP contribution in [-0.2, 0) is 20.6 Å². The molecule has 0 aliphatic carbocycles. The summed E-state index contributed by atoms with van der Waals surface area (Å²) in [4.78, 5) is 8.82. The van der Waals surface area contributed by atoms with Gasteiger partial charge in [-0.05, 0) is 18.2 Å². The Morgan fingerprint density at radius 3 is 2.95 bits per heavy atom. The Morgan fingerprint density at radius 1 is 1.14 bits per heavy atom. The first-order valence-electron chi connectivity index (χ1n) is 7.02. The third kappa shape index (κ3) is 1.15. The highest BCUT2D eigenvalue weighted by molar-refractivity contribution is 6.04. The fraction of sp³-hybridized carbons (Fsp3) is 0.188. The van der Waals surface area contributed by atoms with Crippen LogP contribution in [0.2, 0.25) is 0 Å². The van der Waals surface area contributed by atoms with Gasteiger partial charge in [0, 0.05) is 18.6 Å². The molecule has 0 unspecified atom stereocenters. The number of pyridine rings is 2. The zero-order chi connectivity index (χ0) is 14.1. The van der Waals surface area contributed by atoms with E-state index >= 15 is 0 Å². The first-order chi connectivity index (χ1) is 10.3. The zero-order valence-electron chi connectivity index (χ0n) is 11.9. The number of aryl methyl sites for hydroxylation is 2. The summed E-state index contributed by atoms with van der Waals surface area (Å²) in [6.45, 7) is 0.834. The van der Waals surface area contributed by atoms with E-state index in [-0.39, 0.29) is 0 Å². The fourth-order valence-electron chi connectivity index (χ4n) is 3.68. The maximum atomic E-state index is 4.52. The molecule has 1 aliphatic rings. The molecule has 0 bridgehead atoms. The van der Waals surface area contributed by atoms with E-state index < -0.39 is 0 Å². The summed E-state index contributed by atoms with van der Waals surface area (Å²) < 4.78 is 6.88. The number of rotatable bonds is 0. The van der Waals surface area contributed by atoms with E-state index in [2.05, 4.69) is 49.9 Å². The van der Waals surface area contributed by atoms with Crippen molar-refractivity contribution in [1.82, 2.24) is 19.1 Å². The van der Waals surface area contributed by atoms with E-state index in [4.69, 9.17) is 0 Å². The Bertz CT molecular complexity index is 1040. The quantitative estimate of drug-likeness (QED) is 0.404. The molecule has 0 radical (unpaired) electrons.